The quantitative estimate of drug-likeness (QED) is 0.460. The fourth-order valence-corrected chi connectivity index (χ4v) is 9.16. The average Bonchev–Trinajstić information content (AvgIpc) is 3.51. The standard InChI is InChI=1S/C30H41N3O4S/c1-8-15-31(7)27(35)23-22-13-14-30(38-22)24(23)28(36)33(21(17-34)18(3)4)26(30)29(37)32(16-9-2)25-19(5)11-10-12-20(25)6/h8-12,18,21-24,26,34H,1-2,13-17H2,3-7H3/t21-,22+,23-,24-,26?,30?/m0/s1. The largest absolute Gasteiger partial charge is 0.394 e. The lowest BCUT2D eigenvalue weighted by Gasteiger charge is -2.41. The number of para-hydroxylation sites is 1. The summed E-state index contributed by atoms with van der Waals surface area (Å²) in [7, 11) is 1.74. The van der Waals surface area contributed by atoms with Crippen LogP contribution < -0.4 is 4.90 Å². The lowest BCUT2D eigenvalue weighted by atomic mass is 9.70. The second-order valence-electron chi connectivity index (χ2n) is 11.3. The van der Waals surface area contributed by atoms with E-state index in [1.165, 1.54) is 0 Å². The van der Waals surface area contributed by atoms with E-state index in [-0.39, 0.29) is 35.5 Å². The summed E-state index contributed by atoms with van der Waals surface area (Å²) in [5.74, 6) is -1.59. The number of anilines is 1. The Morgan fingerprint density at radius 3 is 2.37 bits per heavy atom. The summed E-state index contributed by atoms with van der Waals surface area (Å²) < 4.78 is -0.716. The Kier molecular flexibility index (Phi) is 8.15. The van der Waals surface area contributed by atoms with Crippen LogP contribution in [-0.2, 0) is 14.4 Å². The van der Waals surface area contributed by atoms with Gasteiger partial charge in [0.05, 0.1) is 29.2 Å². The van der Waals surface area contributed by atoms with Crippen molar-refractivity contribution in [1.29, 1.82) is 0 Å². The average molecular weight is 540 g/mol. The topological polar surface area (TPSA) is 81.2 Å². The molecule has 206 valence electrons. The molecule has 0 aliphatic carbocycles. The number of aliphatic hydroxyl groups excluding tert-OH is 1. The normalized spacial score (nSPS) is 28.4. The number of rotatable bonds is 10. The third kappa shape index (κ3) is 4.30. The molecule has 2 unspecified atom stereocenters. The van der Waals surface area contributed by atoms with Gasteiger partial charge in [-0.1, -0.05) is 44.2 Å². The van der Waals surface area contributed by atoms with E-state index in [2.05, 4.69) is 13.2 Å². The SMILES string of the molecule is C=CCN(C)C(=O)[C@@H]1[C@H]2C(=O)N([C@@H](CO)C(C)C)C(C(=O)N(CC=C)c3c(C)cccc3C)C23CC[C@H]1S3. The van der Waals surface area contributed by atoms with E-state index in [0.717, 1.165) is 23.2 Å². The molecule has 1 aromatic carbocycles. The van der Waals surface area contributed by atoms with Crippen molar-refractivity contribution in [3.8, 4) is 0 Å². The predicted molar refractivity (Wildman–Crippen MR) is 153 cm³/mol. The molecule has 1 spiro atoms. The van der Waals surface area contributed by atoms with Gasteiger partial charge in [-0.15, -0.1) is 24.9 Å². The number of thioether (sulfide) groups is 1. The molecule has 1 aromatic rings. The number of fused-ring (bicyclic) bond motifs is 1. The number of aliphatic hydroxyl groups is 1. The Morgan fingerprint density at radius 1 is 1.18 bits per heavy atom. The first kappa shape index (κ1) is 28.4. The minimum atomic E-state index is -0.781. The highest BCUT2D eigenvalue weighted by atomic mass is 32.2. The molecule has 3 heterocycles. The van der Waals surface area contributed by atoms with Crippen LogP contribution in [0.25, 0.3) is 0 Å². The van der Waals surface area contributed by atoms with Gasteiger partial charge in [0.15, 0.2) is 0 Å². The highest BCUT2D eigenvalue weighted by molar-refractivity contribution is 8.02. The van der Waals surface area contributed by atoms with Crippen molar-refractivity contribution < 1.29 is 19.5 Å². The Hall–Kier alpha value is -2.58. The number of carbonyl (C=O) groups is 3. The van der Waals surface area contributed by atoms with Crippen molar-refractivity contribution in [3.63, 3.8) is 0 Å². The summed E-state index contributed by atoms with van der Waals surface area (Å²) in [6, 6.07) is 4.62. The van der Waals surface area contributed by atoms with E-state index in [9.17, 15) is 19.5 Å². The predicted octanol–water partition coefficient (Wildman–Crippen LogP) is 3.57. The lowest BCUT2D eigenvalue weighted by Crippen LogP contribution is -2.58. The number of hydrogen-bond acceptors (Lipinski definition) is 5. The van der Waals surface area contributed by atoms with Gasteiger partial charge in [0.1, 0.15) is 6.04 Å². The molecule has 3 aliphatic heterocycles. The Labute approximate surface area is 230 Å². The number of amides is 3. The van der Waals surface area contributed by atoms with Gasteiger partial charge in [-0.3, -0.25) is 14.4 Å². The maximum atomic E-state index is 14.8. The summed E-state index contributed by atoms with van der Waals surface area (Å²) in [5, 5.41) is 10.4. The van der Waals surface area contributed by atoms with Crippen molar-refractivity contribution in [2.75, 3.05) is 31.6 Å². The minimum Gasteiger partial charge on any atom is -0.394 e. The van der Waals surface area contributed by atoms with Crippen molar-refractivity contribution in [1.82, 2.24) is 9.80 Å². The van der Waals surface area contributed by atoms with Gasteiger partial charge in [0.25, 0.3) is 5.91 Å². The summed E-state index contributed by atoms with van der Waals surface area (Å²) in [5.41, 5.74) is 2.76. The minimum absolute atomic E-state index is 0.0131. The monoisotopic (exact) mass is 539 g/mol. The zero-order valence-corrected chi connectivity index (χ0v) is 24.0. The van der Waals surface area contributed by atoms with Gasteiger partial charge >= 0.3 is 0 Å². The highest BCUT2D eigenvalue weighted by Gasteiger charge is 2.74. The van der Waals surface area contributed by atoms with Crippen LogP contribution in [-0.4, -0.2) is 81.5 Å². The maximum Gasteiger partial charge on any atom is 0.251 e. The van der Waals surface area contributed by atoms with Gasteiger partial charge < -0.3 is 19.8 Å². The van der Waals surface area contributed by atoms with Crippen molar-refractivity contribution in [2.45, 2.75) is 62.6 Å². The molecule has 0 saturated carbocycles. The van der Waals surface area contributed by atoms with Crippen molar-refractivity contribution in [3.05, 3.63) is 54.6 Å². The molecule has 1 N–H and O–H groups in total. The fourth-order valence-electron chi connectivity index (χ4n) is 6.97. The van der Waals surface area contributed by atoms with Crippen LogP contribution in [0, 0.1) is 31.6 Å². The lowest BCUT2D eigenvalue weighted by molar-refractivity contribution is -0.145. The van der Waals surface area contributed by atoms with Gasteiger partial charge in [0.2, 0.25) is 11.8 Å². The number of likely N-dealkylation sites (tertiary alicyclic amines) is 1. The molecular formula is C30H41N3O4S. The van der Waals surface area contributed by atoms with Crippen LogP contribution in [0.4, 0.5) is 5.69 Å². The smallest absolute Gasteiger partial charge is 0.251 e. The molecular weight excluding hydrogens is 498 g/mol. The van der Waals surface area contributed by atoms with Crippen LogP contribution >= 0.6 is 11.8 Å². The summed E-state index contributed by atoms with van der Waals surface area (Å²) >= 11 is 1.65. The van der Waals surface area contributed by atoms with Crippen LogP contribution in [0.5, 0.6) is 0 Å². The number of nitrogens with zero attached hydrogens (tertiary/aromatic N) is 3. The van der Waals surface area contributed by atoms with Gasteiger partial charge in [-0.2, -0.15) is 0 Å². The molecule has 7 nitrogen and oxygen atoms in total. The highest BCUT2D eigenvalue weighted by Crippen LogP contribution is 2.67. The number of carbonyl (C=O) groups excluding carboxylic acids is 3. The fraction of sp³-hybridized carbons (Fsp3) is 0.567. The van der Waals surface area contributed by atoms with E-state index >= 15 is 0 Å². The zero-order chi connectivity index (χ0) is 27.9. The second-order valence-corrected chi connectivity index (χ2v) is 12.9. The molecule has 0 radical (unpaired) electrons. The first-order chi connectivity index (χ1) is 18.0. The van der Waals surface area contributed by atoms with E-state index in [1.54, 1.807) is 45.7 Å². The number of aryl methyl sites for hydroxylation is 2. The van der Waals surface area contributed by atoms with Gasteiger partial charge in [-0.05, 0) is 43.7 Å². The van der Waals surface area contributed by atoms with E-state index in [4.69, 9.17) is 0 Å². The molecule has 0 aromatic heterocycles. The van der Waals surface area contributed by atoms with E-state index in [1.807, 2.05) is 45.9 Å². The summed E-state index contributed by atoms with van der Waals surface area (Å²) in [4.78, 5) is 47.8. The Morgan fingerprint density at radius 2 is 1.82 bits per heavy atom. The first-order valence-corrected chi connectivity index (χ1v) is 14.4. The second kappa shape index (κ2) is 10.9. The Balaban J connectivity index is 1.86. The van der Waals surface area contributed by atoms with E-state index in [0.29, 0.717) is 19.5 Å². The van der Waals surface area contributed by atoms with Crippen LogP contribution in [0.1, 0.15) is 37.8 Å². The van der Waals surface area contributed by atoms with Crippen LogP contribution in [0.3, 0.4) is 0 Å². The van der Waals surface area contributed by atoms with Crippen LogP contribution in [0.15, 0.2) is 43.5 Å². The number of benzene rings is 1. The molecule has 3 aliphatic rings. The molecule has 8 heteroatoms. The molecule has 3 amide bonds. The molecule has 3 saturated heterocycles. The summed E-state index contributed by atoms with van der Waals surface area (Å²) in [6.07, 6.45) is 4.86. The third-order valence-corrected chi connectivity index (χ3v) is 10.6. The molecule has 4 rings (SSSR count). The van der Waals surface area contributed by atoms with Gasteiger partial charge in [0, 0.05) is 31.1 Å². The van der Waals surface area contributed by atoms with Gasteiger partial charge in [-0.25, -0.2) is 0 Å². The molecule has 3 fully saturated rings. The third-order valence-electron chi connectivity index (χ3n) is 8.64. The van der Waals surface area contributed by atoms with Crippen molar-refractivity contribution >= 4 is 35.2 Å². The van der Waals surface area contributed by atoms with E-state index < -0.39 is 28.7 Å². The maximum absolute atomic E-state index is 14.8. The van der Waals surface area contributed by atoms with Crippen LogP contribution in [0.2, 0.25) is 0 Å². The van der Waals surface area contributed by atoms with Crippen molar-refractivity contribution in [2.24, 2.45) is 17.8 Å². The molecule has 38 heavy (non-hydrogen) atoms. The summed E-state index contributed by atoms with van der Waals surface area (Å²) in [6.45, 7) is 16.0. The molecule has 2 bridgehead atoms. The first-order valence-electron chi connectivity index (χ1n) is 13.5. The zero-order valence-electron chi connectivity index (χ0n) is 23.2. The number of likely N-dealkylation sites (N-methyl/N-ethyl adjacent to an activating group) is 1. The number of hydrogen-bond donors (Lipinski definition) is 1. The molecule has 6 atom stereocenters. The Bertz CT molecular complexity index is 1120.